The number of aliphatic hydroxyl groups is 1. The summed E-state index contributed by atoms with van der Waals surface area (Å²) >= 11 is 0. The Kier molecular flexibility index (Phi) is 5.64. The van der Waals surface area contributed by atoms with Crippen LogP contribution in [0.5, 0.6) is 5.75 Å². The van der Waals surface area contributed by atoms with Gasteiger partial charge in [-0.1, -0.05) is 30.3 Å². The number of ether oxygens (including phenoxy) is 1. The lowest BCUT2D eigenvalue weighted by Crippen LogP contribution is -2.36. The molecule has 0 aliphatic carbocycles. The minimum absolute atomic E-state index is 0.0814. The molecule has 4 rings (SSSR count). The van der Waals surface area contributed by atoms with Gasteiger partial charge in [0.05, 0.1) is 25.4 Å². The molecule has 28 heavy (non-hydrogen) atoms. The van der Waals surface area contributed by atoms with E-state index in [2.05, 4.69) is 44.7 Å². The minimum atomic E-state index is 0.0814. The Morgan fingerprint density at radius 3 is 2.57 bits per heavy atom. The molecule has 1 aliphatic rings. The van der Waals surface area contributed by atoms with E-state index in [1.807, 2.05) is 30.3 Å². The van der Waals surface area contributed by atoms with Crippen LogP contribution in [0.2, 0.25) is 0 Å². The van der Waals surface area contributed by atoms with E-state index in [1.165, 1.54) is 5.56 Å². The summed E-state index contributed by atoms with van der Waals surface area (Å²) in [5, 5.41) is 22.4. The molecule has 0 amide bonds. The van der Waals surface area contributed by atoms with Gasteiger partial charge in [-0.3, -0.25) is 4.90 Å². The molecule has 1 N–H and O–H groups in total. The highest BCUT2D eigenvalue weighted by Gasteiger charge is 2.37. The second-order valence-corrected chi connectivity index (χ2v) is 7.05. The zero-order chi connectivity index (χ0) is 19.3. The van der Waals surface area contributed by atoms with Crippen molar-refractivity contribution in [1.82, 2.24) is 25.1 Å². The van der Waals surface area contributed by atoms with Crippen LogP contribution < -0.4 is 4.74 Å². The quantitative estimate of drug-likeness (QED) is 0.679. The summed E-state index contributed by atoms with van der Waals surface area (Å²) in [5.74, 6) is 1.61. The molecule has 0 saturated carbocycles. The number of aromatic nitrogens is 4. The number of benzene rings is 2. The lowest BCUT2D eigenvalue weighted by atomic mass is 10.1. The maximum Gasteiger partial charge on any atom is 0.173 e. The smallest absolute Gasteiger partial charge is 0.173 e. The number of aliphatic hydroxyl groups excluding tert-OH is 1. The molecule has 146 valence electrons. The van der Waals surface area contributed by atoms with Crippen LogP contribution >= 0.6 is 0 Å². The SMILES string of the molecule is COc1ccc(-n2nnnc2[C@@H]2CC[C@@H](CO)N2CCc2ccccc2)cc1. The number of nitrogens with zero attached hydrogens (tertiary/aromatic N) is 5. The van der Waals surface area contributed by atoms with Crippen LogP contribution in [0.15, 0.2) is 54.6 Å². The standard InChI is InChI=1S/C21H25N5O2/c1-28-19-10-7-17(8-11-19)26-21(22-23-24-26)20-12-9-18(15-27)25(20)14-13-16-5-3-2-4-6-16/h2-8,10-11,18,20,27H,9,12-15H2,1H3/t18-,20-/m0/s1. The number of hydrogen-bond donors (Lipinski definition) is 1. The molecule has 7 heteroatoms. The zero-order valence-electron chi connectivity index (χ0n) is 16.0. The van der Waals surface area contributed by atoms with Crippen molar-refractivity contribution in [2.45, 2.75) is 31.3 Å². The Bertz CT molecular complexity index is 881. The van der Waals surface area contributed by atoms with Gasteiger partial charge in [-0.2, -0.15) is 4.68 Å². The van der Waals surface area contributed by atoms with Crippen molar-refractivity contribution in [2.75, 3.05) is 20.3 Å². The molecule has 2 atom stereocenters. The Morgan fingerprint density at radius 1 is 1.07 bits per heavy atom. The largest absolute Gasteiger partial charge is 0.497 e. The van der Waals surface area contributed by atoms with E-state index in [0.717, 1.165) is 43.1 Å². The van der Waals surface area contributed by atoms with Crippen LogP contribution in [-0.2, 0) is 6.42 Å². The average molecular weight is 379 g/mol. The van der Waals surface area contributed by atoms with Crippen molar-refractivity contribution < 1.29 is 9.84 Å². The van der Waals surface area contributed by atoms with Gasteiger partial charge in [-0.05, 0) is 59.5 Å². The maximum absolute atomic E-state index is 9.88. The van der Waals surface area contributed by atoms with Gasteiger partial charge in [0, 0.05) is 12.6 Å². The second kappa shape index (κ2) is 8.50. The van der Waals surface area contributed by atoms with E-state index >= 15 is 0 Å². The van der Waals surface area contributed by atoms with Gasteiger partial charge in [-0.15, -0.1) is 5.10 Å². The molecule has 0 bridgehead atoms. The predicted octanol–water partition coefficient (Wildman–Crippen LogP) is 2.41. The first-order chi connectivity index (χ1) is 13.8. The number of methoxy groups -OCH3 is 1. The second-order valence-electron chi connectivity index (χ2n) is 7.05. The molecule has 2 heterocycles. The van der Waals surface area contributed by atoms with Crippen molar-refractivity contribution in [2.24, 2.45) is 0 Å². The van der Waals surface area contributed by atoms with E-state index in [0.29, 0.717) is 0 Å². The fourth-order valence-corrected chi connectivity index (χ4v) is 3.96. The highest BCUT2D eigenvalue weighted by molar-refractivity contribution is 5.37. The van der Waals surface area contributed by atoms with E-state index in [-0.39, 0.29) is 18.7 Å². The zero-order valence-corrected chi connectivity index (χ0v) is 16.0. The highest BCUT2D eigenvalue weighted by Crippen LogP contribution is 2.35. The van der Waals surface area contributed by atoms with Crippen molar-refractivity contribution in [3.05, 3.63) is 66.0 Å². The first kappa shape index (κ1) is 18.6. The Labute approximate surface area is 164 Å². The molecular weight excluding hydrogens is 354 g/mol. The summed E-state index contributed by atoms with van der Waals surface area (Å²) in [6.07, 6.45) is 2.79. The van der Waals surface area contributed by atoms with Crippen LogP contribution in [0, 0.1) is 0 Å². The molecule has 1 aromatic heterocycles. The number of hydrogen-bond acceptors (Lipinski definition) is 6. The minimum Gasteiger partial charge on any atom is -0.497 e. The molecule has 2 aromatic carbocycles. The van der Waals surface area contributed by atoms with Gasteiger partial charge in [0.1, 0.15) is 5.75 Å². The fourth-order valence-electron chi connectivity index (χ4n) is 3.96. The topological polar surface area (TPSA) is 76.3 Å². The molecular formula is C21H25N5O2. The summed E-state index contributed by atoms with van der Waals surface area (Å²) < 4.78 is 7.03. The molecule has 0 radical (unpaired) electrons. The van der Waals surface area contributed by atoms with Gasteiger partial charge >= 0.3 is 0 Å². The summed E-state index contributed by atoms with van der Waals surface area (Å²) in [7, 11) is 1.65. The Balaban J connectivity index is 1.57. The van der Waals surface area contributed by atoms with Crippen LogP contribution in [0.4, 0.5) is 0 Å². The van der Waals surface area contributed by atoms with Gasteiger partial charge in [0.25, 0.3) is 0 Å². The highest BCUT2D eigenvalue weighted by atomic mass is 16.5. The lowest BCUT2D eigenvalue weighted by molar-refractivity contribution is 0.126. The molecule has 0 spiro atoms. The first-order valence-electron chi connectivity index (χ1n) is 9.63. The normalized spacial score (nSPS) is 19.8. The number of tetrazole rings is 1. The lowest BCUT2D eigenvalue weighted by Gasteiger charge is -2.28. The molecule has 0 unspecified atom stereocenters. The number of rotatable bonds is 7. The van der Waals surface area contributed by atoms with E-state index in [1.54, 1.807) is 11.8 Å². The van der Waals surface area contributed by atoms with Crippen molar-refractivity contribution in [3.63, 3.8) is 0 Å². The molecule has 3 aromatic rings. The molecule has 1 fully saturated rings. The molecule has 1 saturated heterocycles. The van der Waals surface area contributed by atoms with Gasteiger partial charge < -0.3 is 9.84 Å². The van der Waals surface area contributed by atoms with Gasteiger partial charge in [0.15, 0.2) is 5.82 Å². The maximum atomic E-state index is 9.88. The van der Waals surface area contributed by atoms with Crippen molar-refractivity contribution in [1.29, 1.82) is 0 Å². The predicted molar refractivity (Wildman–Crippen MR) is 105 cm³/mol. The first-order valence-corrected chi connectivity index (χ1v) is 9.63. The monoisotopic (exact) mass is 379 g/mol. The average Bonchev–Trinajstić information content (AvgIpc) is 3.39. The summed E-state index contributed by atoms with van der Waals surface area (Å²) in [6, 6.07) is 18.3. The van der Waals surface area contributed by atoms with Gasteiger partial charge in [0.2, 0.25) is 0 Å². The molecule has 7 nitrogen and oxygen atoms in total. The van der Waals surface area contributed by atoms with Crippen molar-refractivity contribution in [3.8, 4) is 11.4 Å². The third kappa shape index (κ3) is 3.76. The third-order valence-electron chi connectivity index (χ3n) is 5.46. The summed E-state index contributed by atoms with van der Waals surface area (Å²) in [6.45, 7) is 1.00. The van der Waals surface area contributed by atoms with Crippen LogP contribution in [0.1, 0.15) is 30.3 Å². The Morgan fingerprint density at radius 2 is 1.86 bits per heavy atom. The third-order valence-corrected chi connectivity index (χ3v) is 5.46. The Hall–Kier alpha value is -2.77. The summed E-state index contributed by atoms with van der Waals surface area (Å²) in [4.78, 5) is 2.35. The van der Waals surface area contributed by atoms with E-state index < -0.39 is 0 Å². The van der Waals surface area contributed by atoms with Gasteiger partial charge in [-0.25, -0.2) is 0 Å². The van der Waals surface area contributed by atoms with E-state index in [9.17, 15) is 5.11 Å². The van der Waals surface area contributed by atoms with Crippen molar-refractivity contribution >= 4 is 0 Å². The fraction of sp³-hybridized carbons (Fsp3) is 0.381. The van der Waals surface area contributed by atoms with Crippen LogP contribution in [0.3, 0.4) is 0 Å². The van der Waals surface area contributed by atoms with Crippen LogP contribution in [0.25, 0.3) is 5.69 Å². The summed E-state index contributed by atoms with van der Waals surface area (Å²) in [5.41, 5.74) is 2.19. The van der Waals surface area contributed by atoms with Crippen LogP contribution in [-0.4, -0.2) is 56.5 Å². The molecule has 1 aliphatic heterocycles. The van der Waals surface area contributed by atoms with E-state index in [4.69, 9.17) is 4.74 Å². The number of likely N-dealkylation sites (tertiary alicyclic amines) is 1.